The molecule has 2 aliphatic rings. The average molecular weight is 409 g/mol. The molecule has 0 radical (unpaired) electrons. The lowest BCUT2D eigenvalue weighted by molar-refractivity contribution is -0.147. The van der Waals surface area contributed by atoms with Crippen molar-refractivity contribution >= 4 is 17.7 Å². The number of benzene rings is 2. The highest BCUT2D eigenvalue weighted by atomic mass is 16.5. The molecule has 30 heavy (non-hydrogen) atoms. The summed E-state index contributed by atoms with van der Waals surface area (Å²) < 4.78 is 5.10. The van der Waals surface area contributed by atoms with E-state index in [1.165, 1.54) is 0 Å². The molecular weight excluding hydrogens is 386 g/mol. The van der Waals surface area contributed by atoms with Crippen LogP contribution in [0.3, 0.4) is 0 Å². The number of nitrogens with zero attached hydrogens (tertiary/aromatic N) is 1. The van der Waals surface area contributed by atoms with E-state index in [4.69, 9.17) is 4.74 Å². The number of phenols is 1. The van der Waals surface area contributed by atoms with Crippen LogP contribution in [-0.4, -0.2) is 59.5 Å². The molecule has 8 nitrogen and oxygen atoms in total. The van der Waals surface area contributed by atoms with Gasteiger partial charge in [-0.2, -0.15) is 0 Å². The molecule has 2 heterocycles. The van der Waals surface area contributed by atoms with Gasteiger partial charge in [0, 0.05) is 24.6 Å². The SMILES string of the molecule is COc1ccc(C(=O)N[C@H]2C[C@H]3C(=O)N[C@H](Cc4ccc(O)cc4)C(=O)N3C2)cc1. The lowest BCUT2D eigenvalue weighted by Crippen LogP contribution is -2.61. The Labute approximate surface area is 173 Å². The van der Waals surface area contributed by atoms with Gasteiger partial charge in [-0.3, -0.25) is 14.4 Å². The molecule has 3 atom stereocenters. The first-order valence-electron chi connectivity index (χ1n) is 9.78. The van der Waals surface area contributed by atoms with Crippen molar-refractivity contribution in [1.82, 2.24) is 15.5 Å². The van der Waals surface area contributed by atoms with Crippen molar-refractivity contribution in [3.05, 3.63) is 59.7 Å². The number of rotatable bonds is 5. The summed E-state index contributed by atoms with van der Waals surface area (Å²) in [6.07, 6.45) is 0.725. The number of methoxy groups -OCH3 is 1. The Morgan fingerprint density at radius 1 is 1.17 bits per heavy atom. The zero-order valence-electron chi connectivity index (χ0n) is 16.5. The first-order chi connectivity index (χ1) is 14.4. The molecule has 0 spiro atoms. The lowest BCUT2D eigenvalue weighted by Gasteiger charge is -2.34. The first-order valence-corrected chi connectivity index (χ1v) is 9.78. The number of fused-ring (bicyclic) bond motifs is 1. The minimum atomic E-state index is -0.658. The Morgan fingerprint density at radius 2 is 1.87 bits per heavy atom. The Hall–Kier alpha value is -3.55. The summed E-state index contributed by atoms with van der Waals surface area (Å²) in [6, 6.07) is 11.8. The summed E-state index contributed by atoms with van der Waals surface area (Å²) in [5.41, 5.74) is 1.33. The van der Waals surface area contributed by atoms with Gasteiger partial charge >= 0.3 is 0 Å². The number of aromatic hydroxyl groups is 1. The number of hydrogen-bond donors (Lipinski definition) is 3. The molecule has 2 fully saturated rings. The normalized spacial score (nSPS) is 23.0. The van der Waals surface area contributed by atoms with Gasteiger partial charge in [-0.15, -0.1) is 0 Å². The van der Waals surface area contributed by atoms with Crippen LogP contribution in [0.2, 0.25) is 0 Å². The molecular formula is C22H23N3O5. The third-order valence-electron chi connectivity index (χ3n) is 5.56. The van der Waals surface area contributed by atoms with Crippen molar-refractivity contribution < 1.29 is 24.2 Å². The smallest absolute Gasteiger partial charge is 0.251 e. The fourth-order valence-electron chi connectivity index (χ4n) is 3.98. The van der Waals surface area contributed by atoms with Crippen molar-refractivity contribution in [1.29, 1.82) is 0 Å². The number of carbonyl (C=O) groups excluding carboxylic acids is 3. The molecule has 0 aromatic heterocycles. The standard InChI is InChI=1S/C22H23N3O5/c1-30-17-8-4-14(5-9-17)20(27)23-15-11-19-21(28)24-18(22(29)25(19)12-15)10-13-2-6-16(26)7-3-13/h2-9,15,18-19,26H,10-12H2,1H3,(H,23,27)(H,24,28)/t15-,18+,19-/m0/s1. The maximum absolute atomic E-state index is 12.9. The molecule has 4 rings (SSSR count). The third kappa shape index (κ3) is 3.94. The third-order valence-corrected chi connectivity index (χ3v) is 5.56. The summed E-state index contributed by atoms with van der Waals surface area (Å²) in [5, 5.41) is 15.1. The van der Waals surface area contributed by atoms with Crippen LogP contribution in [-0.2, 0) is 16.0 Å². The molecule has 3 amide bonds. The molecule has 3 N–H and O–H groups in total. The maximum Gasteiger partial charge on any atom is 0.251 e. The number of nitrogens with one attached hydrogen (secondary N) is 2. The monoisotopic (exact) mass is 409 g/mol. The van der Waals surface area contributed by atoms with Gasteiger partial charge in [0.15, 0.2) is 0 Å². The molecule has 0 bridgehead atoms. The summed E-state index contributed by atoms with van der Waals surface area (Å²) >= 11 is 0. The van der Waals surface area contributed by atoms with E-state index in [0.29, 0.717) is 30.7 Å². The van der Waals surface area contributed by atoms with Gasteiger partial charge in [-0.1, -0.05) is 12.1 Å². The number of amides is 3. The average Bonchev–Trinajstić information content (AvgIpc) is 3.18. The van der Waals surface area contributed by atoms with E-state index < -0.39 is 12.1 Å². The van der Waals surface area contributed by atoms with Gasteiger partial charge in [0.1, 0.15) is 23.6 Å². The number of carbonyl (C=O) groups is 3. The predicted octanol–water partition coefficient (Wildman–Crippen LogP) is 0.841. The van der Waals surface area contributed by atoms with Gasteiger partial charge in [0.05, 0.1) is 7.11 Å². The molecule has 8 heteroatoms. The predicted molar refractivity (Wildman–Crippen MR) is 108 cm³/mol. The number of piperazine rings is 1. The molecule has 2 aromatic carbocycles. The fraction of sp³-hybridized carbons (Fsp3) is 0.318. The molecule has 2 saturated heterocycles. The van der Waals surface area contributed by atoms with E-state index in [0.717, 1.165) is 5.56 Å². The second-order valence-electron chi connectivity index (χ2n) is 7.57. The Kier molecular flexibility index (Phi) is 5.31. The number of hydrogen-bond acceptors (Lipinski definition) is 5. The van der Waals surface area contributed by atoms with Crippen molar-refractivity contribution in [2.75, 3.05) is 13.7 Å². The van der Waals surface area contributed by atoms with Crippen LogP contribution in [0.5, 0.6) is 11.5 Å². The second kappa shape index (κ2) is 8.06. The van der Waals surface area contributed by atoms with Gasteiger partial charge in [-0.25, -0.2) is 0 Å². The highest BCUT2D eigenvalue weighted by molar-refractivity contribution is 5.98. The first kappa shape index (κ1) is 19.8. The van der Waals surface area contributed by atoms with Crippen LogP contribution in [0.25, 0.3) is 0 Å². The van der Waals surface area contributed by atoms with Gasteiger partial charge < -0.3 is 25.4 Å². The summed E-state index contributed by atoms with van der Waals surface area (Å²) in [6.45, 7) is 0.297. The van der Waals surface area contributed by atoms with Crippen LogP contribution in [0.15, 0.2) is 48.5 Å². The van der Waals surface area contributed by atoms with Gasteiger partial charge in [0.25, 0.3) is 5.91 Å². The van der Waals surface area contributed by atoms with E-state index in [1.807, 2.05) is 0 Å². The second-order valence-corrected chi connectivity index (χ2v) is 7.57. The summed E-state index contributed by atoms with van der Waals surface area (Å²) in [5.74, 6) is 0.184. The van der Waals surface area contributed by atoms with Crippen molar-refractivity contribution in [3.8, 4) is 11.5 Å². The molecule has 0 aliphatic carbocycles. The zero-order chi connectivity index (χ0) is 21.3. The number of ether oxygens (including phenoxy) is 1. The number of phenolic OH excluding ortho intramolecular Hbond substituents is 1. The largest absolute Gasteiger partial charge is 0.508 e. The Bertz CT molecular complexity index is 958. The fourth-order valence-corrected chi connectivity index (χ4v) is 3.98. The highest BCUT2D eigenvalue weighted by Crippen LogP contribution is 2.24. The zero-order valence-corrected chi connectivity index (χ0v) is 16.5. The summed E-state index contributed by atoms with van der Waals surface area (Å²) in [7, 11) is 1.56. The highest BCUT2D eigenvalue weighted by Gasteiger charge is 2.46. The molecule has 2 aliphatic heterocycles. The van der Waals surface area contributed by atoms with Gasteiger partial charge in [0.2, 0.25) is 11.8 Å². The quantitative estimate of drug-likeness (QED) is 0.678. The topological polar surface area (TPSA) is 108 Å². The molecule has 2 aromatic rings. The van der Waals surface area contributed by atoms with E-state index in [2.05, 4.69) is 10.6 Å². The lowest BCUT2D eigenvalue weighted by atomic mass is 10.0. The van der Waals surface area contributed by atoms with E-state index in [1.54, 1.807) is 60.5 Å². The molecule has 0 saturated carbocycles. The minimum absolute atomic E-state index is 0.146. The minimum Gasteiger partial charge on any atom is -0.508 e. The Morgan fingerprint density at radius 3 is 2.53 bits per heavy atom. The maximum atomic E-state index is 12.9. The van der Waals surface area contributed by atoms with Crippen molar-refractivity contribution in [2.24, 2.45) is 0 Å². The van der Waals surface area contributed by atoms with Crippen molar-refractivity contribution in [2.45, 2.75) is 31.0 Å². The summed E-state index contributed by atoms with van der Waals surface area (Å²) in [4.78, 5) is 39.6. The van der Waals surface area contributed by atoms with E-state index in [-0.39, 0.29) is 29.5 Å². The van der Waals surface area contributed by atoms with Crippen molar-refractivity contribution in [3.63, 3.8) is 0 Å². The Balaban J connectivity index is 1.40. The van der Waals surface area contributed by atoms with E-state index in [9.17, 15) is 19.5 Å². The van der Waals surface area contributed by atoms with Crippen LogP contribution in [0.1, 0.15) is 22.3 Å². The van der Waals surface area contributed by atoms with Crippen LogP contribution in [0.4, 0.5) is 0 Å². The van der Waals surface area contributed by atoms with Crippen LogP contribution in [0, 0.1) is 0 Å². The van der Waals surface area contributed by atoms with Crippen LogP contribution < -0.4 is 15.4 Å². The van der Waals surface area contributed by atoms with Crippen LogP contribution >= 0.6 is 0 Å². The van der Waals surface area contributed by atoms with Gasteiger partial charge in [-0.05, 0) is 48.4 Å². The van der Waals surface area contributed by atoms with E-state index >= 15 is 0 Å². The molecule has 156 valence electrons. The molecule has 0 unspecified atom stereocenters.